The van der Waals surface area contributed by atoms with E-state index >= 15 is 0 Å². The van der Waals surface area contributed by atoms with E-state index in [2.05, 4.69) is 15.3 Å². The predicted octanol–water partition coefficient (Wildman–Crippen LogP) is 2.51. The second-order valence-electron chi connectivity index (χ2n) is 5.57. The van der Waals surface area contributed by atoms with Crippen LogP contribution < -0.4 is 25.4 Å². The molecule has 0 radical (unpaired) electrons. The number of methoxy groups -OCH3 is 2. The minimum absolute atomic E-state index is 0.169. The van der Waals surface area contributed by atoms with Crippen LogP contribution in [0.25, 0.3) is 10.8 Å². The van der Waals surface area contributed by atoms with Crippen molar-refractivity contribution in [2.24, 2.45) is 5.73 Å². The Labute approximate surface area is 160 Å². The van der Waals surface area contributed by atoms with Crippen LogP contribution in [0.2, 0.25) is 0 Å². The van der Waals surface area contributed by atoms with E-state index in [0.717, 1.165) is 16.5 Å². The number of amides is 1. The molecule has 1 aromatic carbocycles. The summed E-state index contributed by atoms with van der Waals surface area (Å²) in [6.07, 6.45) is 3.44. The van der Waals surface area contributed by atoms with Crippen LogP contribution in [0, 0.1) is 0 Å². The molecule has 0 saturated heterocycles. The number of hydrogen-bond acceptors (Lipinski definition) is 8. The Bertz CT molecular complexity index is 959. The number of hydrogen-bond donors (Lipinski definition) is 2. The van der Waals surface area contributed by atoms with E-state index in [1.54, 1.807) is 38.1 Å². The second-order valence-corrected chi connectivity index (χ2v) is 6.41. The predicted molar refractivity (Wildman–Crippen MR) is 106 cm³/mol. The Kier molecular flexibility index (Phi) is 5.72. The number of carbonyl (C=O) groups excluding carboxylic acids is 1. The first-order chi connectivity index (χ1) is 13.1. The van der Waals surface area contributed by atoms with Crippen LogP contribution in [-0.2, 0) is 0 Å². The Morgan fingerprint density at radius 3 is 2.74 bits per heavy atom. The first kappa shape index (κ1) is 18.9. The average Bonchev–Trinajstić information content (AvgIpc) is 3.18. The summed E-state index contributed by atoms with van der Waals surface area (Å²) in [5, 5.41) is 6.75. The van der Waals surface area contributed by atoms with Crippen LogP contribution in [0.4, 0.5) is 10.8 Å². The molecule has 8 nitrogen and oxygen atoms in total. The SMILES string of the molecule is CCNC(=O)c1csc(N(CN)c2cncc3c(OC)cc(OC)cc23)n1. The molecule has 0 unspecified atom stereocenters. The molecule has 142 valence electrons. The Morgan fingerprint density at radius 2 is 2.07 bits per heavy atom. The lowest BCUT2D eigenvalue weighted by molar-refractivity contribution is 0.0951. The van der Waals surface area contributed by atoms with Gasteiger partial charge in [-0.25, -0.2) is 4.98 Å². The van der Waals surface area contributed by atoms with E-state index in [1.807, 2.05) is 17.9 Å². The standard InChI is InChI=1S/C18H21N5O3S/c1-4-21-17(24)14-9-27-18(22-14)23(10-19)15-8-20-7-13-12(15)5-11(25-2)6-16(13)26-3/h5-9H,4,10,19H2,1-3H3,(H,21,24). The molecule has 0 fully saturated rings. The minimum Gasteiger partial charge on any atom is -0.497 e. The quantitative estimate of drug-likeness (QED) is 0.601. The number of pyridine rings is 1. The number of aromatic nitrogens is 2. The smallest absolute Gasteiger partial charge is 0.270 e. The van der Waals surface area contributed by atoms with Crippen molar-refractivity contribution in [3.8, 4) is 11.5 Å². The molecular weight excluding hydrogens is 366 g/mol. The second kappa shape index (κ2) is 8.19. The van der Waals surface area contributed by atoms with Gasteiger partial charge in [0.1, 0.15) is 17.2 Å². The van der Waals surface area contributed by atoms with Crippen molar-refractivity contribution in [3.63, 3.8) is 0 Å². The highest BCUT2D eigenvalue weighted by Crippen LogP contribution is 2.38. The van der Waals surface area contributed by atoms with E-state index in [9.17, 15) is 4.79 Å². The van der Waals surface area contributed by atoms with Crippen molar-refractivity contribution in [2.75, 3.05) is 32.3 Å². The van der Waals surface area contributed by atoms with Gasteiger partial charge in [0, 0.05) is 35.0 Å². The summed E-state index contributed by atoms with van der Waals surface area (Å²) in [4.78, 5) is 22.6. The maximum atomic E-state index is 12.0. The zero-order chi connectivity index (χ0) is 19.4. The van der Waals surface area contributed by atoms with Crippen molar-refractivity contribution >= 4 is 38.8 Å². The monoisotopic (exact) mass is 387 g/mol. The molecule has 2 aromatic heterocycles. The molecule has 0 saturated carbocycles. The molecule has 0 aliphatic carbocycles. The molecular formula is C18H21N5O3S. The van der Waals surface area contributed by atoms with Crippen LogP contribution in [0.15, 0.2) is 29.9 Å². The molecule has 3 aromatic rings. The Morgan fingerprint density at radius 1 is 1.26 bits per heavy atom. The summed E-state index contributed by atoms with van der Waals surface area (Å²) in [5.41, 5.74) is 7.13. The van der Waals surface area contributed by atoms with Gasteiger partial charge in [-0.3, -0.25) is 9.78 Å². The van der Waals surface area contributed by atoms with Gasteiger partial charge in [0.25, 0.3) is 5.91 Å². The molecule has 0 spiro atoms. The third-order valence-corrected chi connectivity index (χ3v) is 4.88. The fourth-order valence-electron chi connectivity index (χ4n) is 2.72. The van der Waals surface area contributed by atoms with Gasteiger partial charge >= 0.3 is 0 Å². The lowest BCUT2D eigenvalue weighted by Crippen LogP contribution is -2.26. The van der Waals surface area contributed by atoms with Gasteiger partial charge in [-0.1, -0.05) is 0 Å². The fraction of sp³-hybridized carbons (Fsp3) is 0.278. The highest BCUT2D eigenvalue weighted by molar-refractivity contribution is 7.14. The molecule has 0 bridgehead atoms. The summed E-state index contributed by atoms with van der Waals surface area (Å²) in [6, 6.07) is 3.70. The zero-order valence-corrected chi connectivity index (χ0v) is 16.2. The largest absolute Gasteiger partial charge is 0.497 e. The van der Waals surface area contributed by atoms with Crippen LogP contribution in [0.1, 0.15) is 17.4 Å². The summed E-state index contributed by atoms with van der Waals surface area (Å²) in [7, 11) is 3.20. The van der Waals surface area contributed by atoms with Gasteiger partial charge in [-0.05, 0) is 13.0 Å². The van der Waals surface area contributed by atoms with Gasteiger partial charge in [0.05, 0.1) is 32.8 Å². The summed E-state index contributed by atoms with van der Waals surface area (Å²) in [6.45, 7) is 2.57. The minimum atomic E-state index is -0.212. The van der Waals surface area contributed by atoms with Crippen LogP contribution >= 0.6 is 11.3 Å². The highest BCUT2D eigenvalue weighted by Gasteiger charge is 2.19. The van der Waals surface area contributed by atoms with Crippen molar-refractivity contribution < 1.29 is 14.3 Å². The van der Waals surface area contributed by atoms with Crippen molar-refractivity contribution in [1.82, 2.24) is 15.3 Å². The number of thiazole rings is 1. The van der Waals surface area contributed by atoms with E-state index in [4.69, 9.17) is 15.2 Å². The van der Waals surface area contributed by atoms with Gasteiger partial charge in [-0.2, -0.15) is 0 Å². The van der Waals surface area contributed by atoms with Crippen LogP contribution in [-0.4, -0.2) is 43.3 Å². The molecule has 2 heterocycles. The number of anilines is 2. The third-order valence-electron chi connectivity index (χ3n) is 4.01. The average molecular weight is 387 g/mol. The molecule has 9 heteroatoms. The highest BCUT2D eigenvalue weighted by atomic mass is 32.1. The van der Waals surface area contributed by atoms with Crippen molar-refractivity contribution in [1.29, 1.82) is 0 Å². The topological polar surface area (TPSA) is 103 Å². The van der Waals surface area contributed by atoms with Crippen molar-refractivity contribution in [3.05, 3.63) is 35.6 Å². The summed E-state index contributed by atoms with van der Waals surface area (Å²) < 4.78 is 10.9. The fourth-order valence-corrected chi connectivity index (χ4v) is 3.55. The number of ether oxygens (including phenoxy) is 2. The van der Waals surface area contributed by atoms with Crippen LogP contribution in [0.5, 0.6) is 11.5 Å². The molecule has 0 aliphatic rings. The number of carbonyl (C=O) groups is 1. The lowest BCUT2D eigenvalue weighted by atomic mass is 10.1. The maximum absolute atomic E-state index is 12.0. The van der Waals surface area contributed by atoms with E-state index in [0.29, 0.717) is 28.9 Å². The Hall–Kier alpha value is -2.91. The third kappa shape index (κ3) is 3.64. The molecule has 1 amide bonds. The number of nitrogens with two attached hydrogens (primary N) is 1. The van der Waals surface area contributed by atoms with Crippen LogP contribution in [0.3, 0.4) is 0 Å². The summed E-state index contributed by atoms with van der Waals surface area (Å²) >= 11 is 1.34. The van der Waals surface area contributed by atoms with E-state index in [-0.39, 0.29) is 12.6 Å². The number of rotatable bonds is 7. The molecule has 27 heavy (non-hydrogen) atoms. The van der Waals surface area contributed by atoms with Gasteiger partial charge in [-0.15, -0.1) is 11.3 Å². The first-order valence-electron chi connectivity index (χ1n) is 8.34. The summed E-state index contributed by atoms with van der Waals surface area (Å²) in [5.74, 6) is 1.10. The van der Waals surface area contributed by atoms with Gasteiger partial charge in [0.15, 0.2) is 5.13 Å². The maximum Gasteiger partial charge on any atom is 0.270 e. The van der Waals surface area contributed by atoms with E-state index in [1.165, 1.54) is 11.3 Å². The van der Waals surface area contributed by atoms with E-state index < -0.39 is 0 Å². The number of benzene rings is 1. The molecule has 0 atom stereocenters. The molecule has 3 N–H and O–H groups in total. The Balaban J connectivity index is 2.10. The number of nitrogens with zero attached hydrogens (tertiary/aromatic N) is 3. The van der Waals surface area contributed by atoms with Crippen molar-refractivity contribution in [2.45, 2.75) is 6.92 Å². The lowest BCUT2D eigenvalue weighted by Gasteiger charge is -2.22. The molecule has 0 aliphatic heterocycles. The zero-order valence-electron chi connectivity index (χ0n) is 15.4. The molecule has 3 rings (SSSR count). The van der Waals surface area contributed by atoms with Gasteiger partial charge in [0.2, 0.25) is 0 Å². The number of fused-ring (bicyclic) bond motifs is 1. The first-order valence-corrected chi connectivity index (χ1v) is 9.22. The normalized spacial score (nSPS) is 10.7. The van der Waals surface area contributed by atoms with Gasteiger partial charge < -0.3 is 25.4 Å². The number of nitrogens with one attached hydrogen (secondary N) is 1.